The van der Waals surface area contributed by atoms with Crippen LogP contribution < -0.4 is 11.0 Å². The van der Waals surface area contributed by atoms with Gasteiger partial charge in [0.2, 0.25) is 0 Å². The van der Waals surface area contributed by atoms with Crippen LogP contribution in [0, 0.1) is 6.92 Å². The van der Waals surface area contributed by atoms with Crippen LogP contribution >= 0.6 is 12.4 Å². The maximum Gasteiger partial charge on any atom is 0.328 e. The van der Waals surface area contributed by atoms with Crippen molar-refractivity contribution >= 4 is 29.1 Å². The third kappa shape index (κ3) is 2.90. The number of nitrogens with zero attached hydrogens (tertiary/aromatic N) is 5. The second-order valence-corrected chi connectivity index (χ2v) is 6.82. The fourth-order valence-corrected chi connectivity index (χ4v) is 3.70. The molecule has 1 aliphatic heterocycles. The molecule has 0 aromatic carbocycles. The lowest BCUT2D eigenvalue weighted by atomic mass is 10.1. The van der Waals surface area contributed by atoms with Gasteiger partial charge in [0.15, 0.2) is 11.5 Å². The predicted molar refractivity (Wildman–Crippen MR) is 105 cm³/mol. The number of halogens is 1. The average Bonchev–Trinajstić information content (AvgIpc) is 3.21. The Morgan fingerprint density at radius 1 is 1.30 bits per heavy atom. The Morgan fingerprint density at radius 2 is 2.19 bits per heavy atom. The standard InChI is InChI=1S/C18H19N7O.ClH/c1-11-4-6-24-15(7-11)13(9-21-24)16-20-10-14-17(23-16)25(18(26)22-14)12-3-2-5-19-8-12;/h4,6-7,9-10,12,19H,2-3,5,8H2,1H3,(H,22,26);1H. The van der Waals surface area contributed by atoms with Crippen molar-refractivity contribution in [2.45, 2.75) is 25.8 Å². The number of fused-ring (bicyclic) bond motifs is 2. The Bertz CT molecular complexity index is 1170. The summed E-state index contributed by atoms with van der Waals surface area (Å²) in [6.07, 6.45) is 7.40. The van der Waals surface area contributed by atoms with E-state index in [4.69, 9.17) is 4.98 Å². The first kappa shape index (κ1) is 17.7. The van der Waals surface area contributed by atoms with Crippen molar-refractivity contribution in [1.29, 1.82) is 0 Å². The molecule has 0 bridgehead atoms. The molecule has 0 aliphatic carbocycles. The Kier molecular flexibility index (Phi) is 4.45. The van der Waals surface area contributed by atoms with Crippen LogP contribution in [0.4, 0.5) is 0 Å². The first-order valence-electron chi connectivity index (χ1n) is 8.83. The molecule has 0 saturated carbocycles. The van der Waals surface area contributed by atoms with Gasteiger partial charge in [-0.25, -0.2) is 19.3 Å². The largest absolute Gasteiger partial charge is 0.328 e. The normalized spacial score (nSPS) is 17.3. The Hall–Kier alpha value is -2.71. The summed E-state index contributed by atoms with van der Waals surface area (Å²) in [6.45, 7) is 3.82. The number of rotatable bonds is 2. The summed E-state index contributed by atoms with van der Waals surface area (Å²) >= 11 is 0. The SMILES string of the molecule is Cc1ccn2ncc(-c3ncc4[nH]c(=O)n(C5CCCNC5)c4n3)c2c1.Cl. The minimum absolute atomic E-state index is 0. The second-order valence-electron chi connectivity index (χ2n) is 6.82. The molecule has 2 N–H and O–H groups in total. The van der Waals surface area contributed by atoms with Gasteiger partial charge in [-0.1, -0.05) is 0 Å². The molecule has 8 nitrogen and oxygen atoms in total. The monoisotopic (exact) mass is 385 g/mol. The van der Waals surface area contributed by atoms with Crippen LogP contribution in [0.3, 0.4) is 0 Å². The lowest BCUT2D eigenvalue weighted by Gasteiger charge is -2.23. The summed E-state index contributed by atoms with van der Waals surface area (Å²) in [5, 5.41) is 7.74. The van der Waals surface area contributed by atoms with Crippen LogP contribution in [0.1, 0.15) is 24.4 Å². The molecule has 1 unspecified atom stereocenters. The lowest BCUT2D eigenvalue weighted by Crippen LogP contribution is -2.35. The summed E-state index contributed by atoms with van der Waals surface area (Å²) in [7, 11) is 0. The van der Waals surface area contributed by atoms with Gasteiger partial charge in [0.05, 0.1) is 29.5 Å². The smallest absolute Gasteiger partial charge is 0.315 e. The van der Waals surface area contributed by atoms with Gasteiger partial charge in [-0.15, -0.1) is 12.4 Å². The Labute approximate surface area is 161 Å². The number of aromatic amines is 1. The van der Waals surface area contributed by atoms with Crippen LogP contribution in [0.15, 0.2) is 35.5 Å². The van der Waals surface area contributed by atoms with E-state index in [0.29, 0.717) is 17.0 Å². The highest BCUT2D eigenvalue weighted by Gasteiger charge is 2.21. The molecule has 4 aromatic heterocycles. The predicted octanol–water partition coefficient (Wildman–Crippen LogP) is 2.09. The molecular weight excluding hydrogens is 366 g/mol. The third-order valence-electron chi connectivity index (χ3n) is 5.01. The number of aromatic nitrogens is 6. The van der Waals surface area contributed by atoms with Gasteiger partial charge in [0, 0.05) is 12.7 Å². The molecule has 0 radical (unpaired) electrons. The van der Waals surface area contributed by atoms with Gasteiger partial charge in [-0.2, -0.15) is 5.10 Å². The number of piperidine rings is 1. The highest BCUT2D eigenvalue weighted by molar-refractivity contribution is 5.85. The Balaban J connectivity index is 0.00000180. The van der Waals surface area contributed by atoms with E-state index in [1.165, 1.54) is 0 Å². The summed E-state index contributed by atoms with van der Waals surface area (Å²) in [6, 6.07) is 4.18. The number of hydrogen-bond acceptors (Lipinski definition) is 5. The van der Waals surface area contributed by atoms with Gasteiger partial charge in [-0.05, 0) is 44.0 Å². The zero-order valence-corrected chi connectivity index (χ0v) is 15.7. The highest BCUT2D eigenvalue weighted by Crippen LogP contribution is 2.24. The van der Waals surface area contributed by atoms with Crippen LogP contribution in [0.2, 0.25) is 0 Å². The summed E-state index contributed by atoms with van der Waals surface area (Å²) in [4.78, 5) is 24.6. The topological polar surface area (TPSA) is 92.9 Å². The first-order valence-corrected chi connectivity index (χ1v) is 8.83. The van der Waals surface area contributed by atoms with Gasteiger partial charge in [0.25, 0.3) is 0 Å². The van der Waals surface area contributed by atoms with E-state index in [-0.39, 0.29) is 24.1 Å². The molecule has 1 saturated heterocycles. The van der Waals surface area contributed by atoms with Gasteiger partial charge >= 0.3 is 5.69 Å². The maximum atomic E-state index is 12.5. The van der Waals surface area contributed by atoms with Gasteiger partial charge in [0.1, 0.15) is 5.52 Å². The average molecular weight is 386 g/mol. The number of aryl methyl sites for hydroxylation is 1. The van der Waals surface area contributed by atoms with Crippen molar-refractivity contribution in [2.24, 2.45) is 0 Å². The number of pyridine rings is 1. The minimum atomic E-state index is -0.129. The lowest BCUT2D eigenvalue weighted by molar-refractivity contribution is 0.370. The molecule has 1 aliphatic rings. The second kappa shape index (κ2) is 6.79. The van der Waals surface area contributed by atoms with Crippen molar-refractivity contribution in [2.75, 3.05) is 13.1 Å². The van der Waals surface area contributed by atoms with Crippen molar-refractivity contribution in [3.05, 3.63) is 46.8 Å². The molecule has 1 fully saturated rings. The number of nitrogens with one attached hydrogen (secondary N) is 2. The van der Waals surface area contributed by atoms with Crippen molar-refractivity contribution in [3.8, 4) is 11.4 Å². The molecular formula is C18H20ClN7O. The maximum absolute atomic E-state index is 12.5. The Morgan fingerprint density at radius 3 is 3.00 bits per heavy atom. The third-order valence-corrected chi connectivity index (χ3v) is 5.01. The van der Waals surface area contributed by atoms with E-state index >= 15 is 0 Å². The molecule has 1 atom stereocenters. The van der Waals surface area contributed by atoms with E-state index in [0.717, 1.165) is 42.6 Å². The van der Waals surface area contributed by atoms with Gasteiger partial charge < -0.3 is 10.3 Å². The van der Waals surface area contributed by atoms with Crippen molar-refractivity contribution in [3.63, 3.8) is 0 Å². The number of hydrogen-bond donors (Lipinski definition) is 2. The number of H-pyrrole nitrogens is 1. The summed E-state index contributed by atoms with van der Waals surface area (Å²) in [5.41, 5.74) is 4.14. The van der Waals surface area contributed by atoms with E-state index in [9.17, 15) is 4.79 Å². The first-order chi connectivity index (χ1) is 12.7. The van der Waals surface area contributed by atoms with Crippen LogP contribution in [-0.4, -0.2) is 42.2 Å². The molecule has 140 valence electrons. The molecule has 0 spiro atoms. The molecule has 4 aromatic rings. The highest BCUT2D eigenvalue weighted by atomic mass is 35.5. The molecule has 5 heterocycles. The van der Waals surface area contributed by atoms with Crippen molar-refractivity contribution < 1.29 is 0 Å². The summed E-state index contributed by atoms with van der Waals surface area (Å²) in [5.74, 6) is 0.578. The van der Waals surface area contributed by atoms with Crippen LogP contribution in [-0.2, 0) is 0 Å². The van der Waals surface area contributed by atoms with E-state index in [2.05, 4.69) is 26.4 Å². The van der Waals surface area contributed by atoms with E-state index in [1.54, 1.807) is 17.0 Å². The molecule has 9 heteroatoms. The van der Waals surface area contributed by atoms with E-state index < -0.39 is 0 Å². The number of imidazole rings is 1. The van der Waals surface area contributed by atoms with Crippen LogP contribution in [0.25, 0.3) is 28.1 Å². The fraction of sp³-hybridized carbons (Fsp3) is 0.333. The zero-order chi connectivity index (χ0) is 17.7. The quantitative estimate of drug-likeness (QED) is 0.551. The molecule has 5 rings (SSSR count). The fourth-order valence-electron chi connectivity index (χ4n) is 3.70. The molecule has 27 heavy (non-hydrogen) atoms. The van der Waals surface area contributed by atoms with Crippen molar-refractivity contribution in [1.82, 2.24) is 34.4 Å². The summed E-state index contributed by atoms with van der Waals surface area (Å²) < 4.78 is 3.58. The zero-order valence-electron chi connectivity index (χ0n) is 14.8. The molecule has 0 amide bonds. The van der Waals surface area contributed by atoms with Crippen LogP contribution in [0.5, 0.6) is 0 Å². The minimum Gasteiger partial charge on any atom is -0.315 e. The van der Waals surface area contributed by atoms with Gasteiger partial charge in [-0.3, -0.25) is 4.57 Å². The van der Waals surface area contributed by atoms with E-state index in [1.807, 2.05) is 23.7 Å².